The van der Waals surface area contributed by atoms with Crippen molar-refractivity contribution in [2.24, 2.45) is 0 Å². The van der Waals surface area contributed by atoms with Gasteiger partial charge in [0.25, 0.3) is 5.56 Å². The van der Waals surface area contributed by atoms with E-state index in [-0.39, 0.29) is 12.0 Å². The minimum Gasteiger partial charge on any atom is -0.293 e. The summed E-state index contributed by atoms with van der Waals surface area (Å²) in [5.41, 5.74) is -0.351. The van der Waals surface area contributed by atoms with Crippen LogP contribution in [-0.2, 0) is 12.6 Å². The number of halogens is 3. The molecule has 0 radical (unpaired) electrons. The molecule has 18 heavy (non-hydrogen) atoms. The van der Waals surface area contributed by atoms with Gasteiger partial charge in [0.2, 0.25) is 0 Å². The smallest absolute Gasteiger partial charge is 0.293 e. The summed E-state index contributed by atoms with van der Waals surface area (Å²) in [6.07, 6.45) is -4.60. The van der Waals surface area contributed by atoms with Gasteiger partial charge in [-0.15, -0.1) is 0 Å². The van der Waals surface area contributed by atoms with E-state index in [1.807, 2.05) is 17.1 Å². The molecule has 0 unspecified atom stereocenters. The number of alkyl halides is 3. The molecule has 1 aromatic carbocycles. The van der Waals surface area contributed by atoms with Gasteiger partial charge in [-0.05, 0) is 12.5 Å². The molecule has 2 aromatic rings. The fourth-order valence-electron chi connectivity index (χ4n) is 1.70. The van der Waals surface area contributed by atoms with Crippen molar-refractivity contribution in [1.29, 1.82) is 0 Å². The molecule has 2 rings (SSSR count). The number of aromatic amines is 2. The molecule has 1 aromatic heterocycles. The molecule has 0 aliphatic heterocycles. The Labute approximate surface area is 101 Å². The molecule has 0 atom stereocenters. The number of aromatic nitrogens is 2. The number of nitrogens with one attached hydrogen (secondary N) is 2. The fourth-order valence-corrected chi connectivity index (χ4v) is 1.70. The summed E-state index contributed by atoms with van der Waals surface area (Å²) in [6.45, 7) is 1.88. The number of rotatable bonds is 2. The van der Waals surface area contributed by atoms with Crippen molar-refractivity contribution in [1.82, 2.24) is 10.2 Å². The standard InChI is InChI=1S/C12H11F3N2O/c1-7-2-4-8(5-3-7)6-9-10(12(13,14)15)16-17-11(9)18/h2-5H,6H2,1H3,(H2,16,17,18). The van der Waals surface area contributed by atoms with Gasteiger partial charge in [0.1, 0.15) is 5.69 Å². The van der Waals surface area contributed by atoms with Crippen LogP contribution in [0.15, 0.2) is 29.1 Å². The van der Waals surface area contributed by atoms with Gasteiger partial charge in [0.15, 0.2) is 0 Å². The van der Waals surface area contributed by atoms with E-state index in [0.717, 1.165) is 5.56 Å². The first-order chi connectivity index (χ1) is 8.38. The predicted octanol–water partition coefficient (Wildman–Crippen LogP) is 2.62. The lowest BCUT2D eigenvalue weighted by Gasteiger charge is -2.06. The summed E-state index contributed by atoms with van der Waals surface area (Å²) in [6, 6.07) is 7.01. The lowest BCUT2D eigenvalue weighted by atomic mass is 10.0. The van der Waals surface area contributed by atoms with Crippen LogP contribution in [0.2, 0.25) is 0 Å². The van der Waals surface area contributed by atoms with Crippen LogP contribution < -0.4 is 5.56 Å². The minimum absolute atomic E-state index is 0.0477. The van der Waals surface area contributed by atoms with Crippen LogP contribution >= 0.6 is 0 Å². The van der Waals surface area contributed by atoms with Crippen molar-refractivity contribution < 1.29 is 13.2 Å². The number of aryl methyl sites for hydroxylation is 1. The van der Waals surface area contributed by atoms with E-state index in [2.05, 4.69) is 0 Å². The molecule has 3 nitrogen and oxygen atoms in total. The Bertz CT molecular complexity index is 593. The maximum atomic E-state index is 12.6. The van der Waals surface area contributed by atoms with Crippen molar-refractivity contribution in [3.8, 4) is 0 Å². The van der Waals surface area contributed by atoms with Crippen LogP contribution in [0.4, 0.5) is 13.2 Å². The van der Waals surface area contributed by atoms with Gasteiger partial charge in [-0.3, -0.25) is 15.0 Å². The molecule has 0 aliphatic carbocycles. The van der Waals surface area contributed by atoms with Gasteiger partial charge < -0.3 is 0 Å². The Morgan fingerprint density at radius 3 is 2.28 bits per heavy atom. The SMILES string of the molecule is Cc1ccc(Cc2c(C(F)(F)F)[nH][nH]c2=O)cc1. The maximum absolute atomic E-state index is 12.6. The van der Waals surface area contributed by atoms with E-state index in [1.165, 1.54) is 0 Å². The molecule has 0 bridgehead atoms. The Morgan fingerprint density at radius 2 is 1.72 bits per heavy atom. The molecule has 0 spiro atoms. The van der Waals surface area contributed by atoms with Crippen molar-refractivity contribution >= 4 is 0 Å². The summed E-state index contributed by atoms with van der Waals surface area (Å²) in [5, 5.41) is 3.86. The third-order valence-corrected chi connectivity index (χ3v) is 2.66. The molecule has 0 saturated carbocycles. The second-order valence-electron chi connectivity index (χ2n) is 4.09. The van der Waals surface area contributed by atoms with Gasteiger partial charge in [-0.25, -0.2) is 0 Å². The number of hydrogen-bond acceptors (Lipinski definition) is 1. The van der Waals surface area contributed by atoms with Crippen LogP contribution in [0.5, 0.6) is 0 Å². The Balaban J connectivity index is 2.37. The van der Waals surface area contributed by atoms with Crippen molar-refractivity contribution in [2.45, 2.75) is 19.5 Å². The zero-order chi connectivity index (χ0) is 13.3. The molecular formula is C12H11F3N2O. The number of hydrogen-bond donors (Lipinski definition) is 2. The first kappa shape index (κ1) is 12.5. The monoisotopic (exact) mass is 256 g/mol. The van der Waals surface area contributed by atoms with Crippen LogP contribution in [-0.4, -0.2) is 10.2 Å². The van der Waals surface area contributed by atoms with Crippen LogP contribution in [0.25, 0.3) is 0 Å². The highest BCUT2D eigenvalue weighted by Gasteiger charge is 2.36. The average Bonchev–Trinajstić information content (AvgIpc) is 2.63. The number of H-pyrrole nitrogens is 2. The van der Waals surface area contributed by atoms with E-state index in [4.69, 9.17) is 0 Å². The van der Waals surface area contributed by atoms with Crippen molar-refractivity contribution in [3.63, 3.8) is 0 Å². The van der Waals surface area contributed by atoms with E-state index in [0.29, 0.717) is 5.56 Å². The maximum Gasteiger partial charge on any atom is 0.433 e. The van der Waals surface area contributed by atoms with Crippen LogP contribution in [0.1, 0.15) is 22.4 Å². The van der Waals surface area contributed by atoms with E-state index < -0.39 is 17.4 Å². The fraction of sp³-hybridized carbons (Fsp3) is 0.250. The quantitative estimate of drug-likeness (QED) is 0.852. The lowest BCUT2D eigenvalue weighted by molar-refractivity contribution is -0.141. The third-order valence-electron chi connectivity index (χ3n) is 2.66. The summed E-state index contributed by atoms with van der Waals surface area (Å²) < 4.78 is 37.9. The number of benzene rings is 1. The zero-order valence-electron chi connectivity index (χ0n) is 9.56. The highest BCUT2D eigenvalue weighted by Crippen LogP contribution is 2.29. The van der Waals surface area contributed by atoms with Crippen molar-refractivity contribution in [2.75, 3.05) is 0 Å². The molecule has 96 valence electrons. The average molecular weight is 256 g/mol. The Morgan fingerprint density at radius 1 is 1.11 bits per heavy atom. The summed E-state index contributed by atoms with van der Waals surface area (Å²) >= 11 is 0. The van der Waals surface area contributed by atoms with Crippen LogP contribution in [0, 0.1) is 6.92 Å². The molecule has 2 N–H and O–H groups in total. The van der Waals surface area contributed by atoms with Gasteiger partial charge in [-0.1, -0.05) is 29.8 Å². The van der Waals surface area contributed by atoms with Crippen LogP contribution in [0.3, 0.4) is 0 Å². The molecule has 1 heterocycles. The topological polar surface area (TPSA) is 48.6 Å². The highest BCUT2D eigenvalue weighted by atomic mass is 19.4. The Hall–Kier alpha value is -1.98. The second kappa shape index (κ2) is 4.36. The predicted molar refractivity (Wildman–Crippen MR) is 60.4 cm³/mol. The molecule has 0 amide bonds. The molecule has 0 saturated heterocycles. The van der Waals surface area contributed by atoms with Gasteiger partial charge >= 0.3 is 6.18 Å². The van der Waals surface area contributed by atoms with E-state index in [1.54, 1.807) is 24.3 Å². The largest absolute Gasteiger partial charge is 0.433 e. The zero-order valence-corrected chi connectivity index (χ0v) is 9.56. The van der Waals surface area contributed by atoms with Gasteiger partial charge in [0, 0.05) is 6.42 Å². The second-order valence-corrected chi connectivity index (χ2v) is 4.09. The minimum atomic E-state index is -4.56. The third kappa shape index (κ3) is 2.47. The van der Waals surface area contributed by atoms with E-state index >= 15 is 0 Å². The molecule has 6 heteroatoms. The van der Waals surface area contributed by atoms with Gasteiger partial charge in [-0.2, -0.15) is 13.2 Å². The normalized spacial score (nSPS) is 11.8. The van der Waals surface area contributed by atoms with E-state index in [9.17, 15) is 18.0 Å². The summed E-state index contributed by atoms with van der Waals surface area (Å²) in [5.74, 6) is 0. The first-order valence-corrected chi connectivity index (χ1v) is 5.30. The summed E-state index contributed by atoms with van der Waals surface area (Å²) in [4.78, 5) is 11.4. The lowest BCUT2D eigenvalue weighted by Crippen LogP contribution is -2.13. The molecule has 0 aliphatic rings. The molecule has 0 fully saturated rings. The Kier molecular flexibility index (Phi) is 3.02. The van der Waals surface area contributed by atoms with Gasteiger partial charge in [0.05, 0.1) is 5.56 Å². The molecular weight excluding hydrogens is 245 g/mol. The van der Waals surface area contributed by atoms with Crippen molar-refractivity contribution in [3.05, 3.63) is 57.0 Å². The first-order valence-electron chi connectivity index (χ1n) is 5.30. The highest BCUT2D eigenvalue weighted by molar-refractivity contribution is 5.30. The summed E-state index contributed by atoms with van der Waals surface area (Å²) in [7, 11) is 0.